The molecule has 1 saturated heterocycles. The van der Waals surface area contributed by atoms with Crippen molar-refractivity contribution in [3.8, 4) is 0 Å². The molecule has 1 aromatic rings. The maximum atomic E-state index is 12.8. The van der Waals surface area contributed by atoms with Crippen LogP contribution in [0.2, 0.25) is 0 Å². The lowest BCUT2D eigenvalue weighted by Crippen LogP contribution is -2.47. The van der Waals surface area contributed by atoms with Crippen molar-refractivity contribution in [2.24, 2.45) is 23.5 Å². The summed E-state index contributed by atoms with van der Waals surface area (Å²) >= 11 is 0. The van der Waals surface area contributed by atoms with E-state index in [1.54, 1.807) is 0 Å². The fraction of sp³-hybridized carbons (Fsp3) is 0.667. The van der Waals surface area contributed by atoms with Crippen LogP contribution >= 0.6 is 0 Å². The minimum absolute atomic E-state index is 0.0380. The molecule has 3 fully saturated rings. The molecular formula is C21H31N3O. The molecule has 1 heterocycles. The predicted octanol–water partition coefficient (Wildman–Crippen LogP) is 2.62. The van der Waals surface area contributed by atoms with Gasteiger partial charge in [-0.3, -0.25) is 9.69 Å². The number of benzene rings is 1. The first-order chi connectivity index (χ1) is 12.1. The van der Waals surface area contributed by atoms with E-state index in [0.29, 0.717) is 18.4 Å². The number of carbonyl (C=O) groups is 1. The summed E-state index contributed by atoms with van der Waals surface area (Å²) in [5.74, 6) is 1.32. The summed E-state index contributed by atoms with van der Waals surface area (Å²) < 4.78 is 0. The molecule has 1 aliphatic heterocycles. The number of fused-ring (bicyclic) bond motifs is 2. The Hall–Kier alpha value is -1.39. The van der Waals surface area contributed by atoms with Crippen molar-refractivity contribution in [1.29, 1.82) is 0 Å². The van der Waals surface area contributed by atoms with Crippen molar-refractivity contribution in [2.75, 3.05) is 19.6 Å². The van der Waals surface area contributed by atoms with Gasteiger partial charge in [0.25, 0.3) is 0 Å². The van der Waals surface area contributed by atoms with Gasteiger partial charge in [-0.1, -0.05) is 29.8 Å². The standard InChI is InChI=1S/C21H31N3O/c1-14-4-6-15(7-5-14)18(24-10-2-3-11-24)13-23-21(25)19-16-8-9-17(12-16)20(19)22/h4-7,16-20H,2-3,8-13,22H2,1H3,(H,23,25). The van der Waals surface area contributed by atoms with E-state index in [0.717, 1.165) is 19.5 Å². The average Bonchev–Trinajstić information content (AvgIpc) is 3.33. The van der Waals surface area contributed by atoms with Gasteiger partial charge in [0.1, 0.15) is 0 Å². The van der Waals surface area contributed by atoms with E-state index in [-0.39, 0.29) is 23.9 Å². The van der Waals surface area contributed by atoms with E-state index in [9.17, 15) is 4.79 Å². The molecule has 3 aliphatic rings. The molecule has 0 aromatic heterocycles. The topological polar surface area (TPSA) is 58.4 Å². The minimum Gasteiger partial charge on any atom is -0.354 e. The summed E-state index contributed by atoms with van der Waals surface area (Å²) in [5.41, 5.74) is 8.94. The third-order valence-electron chi connectivity index (χ3n) is 6.80. The number of nitrogens with two attached hydrogens (primary N) is 1. The fourth-order valence-corrected chi connectivity index (χ4v) is 5.34. The lowest BCUT2D eigenvalue weighted by Gasteiger charge is -2.31. The molecule has 2 bridgehead atoms. The van der Waals surface area contributed by atoms with Gasteiger partial charge in [0.2, 0.25) is 5.91 Å². The highest BCUT2D eigenvalue weighted by Gasteiger charge is 2.49. The number of likely N-dealkylation sites (tertiary alicyclic amines) is 1. The highest BCUT2D eigenvalue weighted by molar-refractivity contribution is 5.80. The Kier molecular flexibility index (Phi) is 4.83. The van der Waals surface area contributed by atoms with E-state index in [1.165, 1.54) is 36.8 Å². The van der Waals surface area contributed by atoms with Crippen LogP contribution in [0.3, 0.4) is 0 Å². The van der Waals surface area contributed by atoms with Crippen molar-refractivity contribution < 1.29 is 4.79 Å². The lowest BCUT2D eigenvalue weighted by atomic mass is 9.84. The maximum Gasteiger partial charge on any atom is 0.225 e. The molecular weight excluding hydrogens is 310 g/mol. The number of nitrogens with one attached hydrogen (secondary N) is 1. The van der Waals surface area contributed by atoms with Gasteiger partial charge in [-0.2, -0.15) is 0 Å². The first-order valence-electron chi connectivity index (χ1n) is 9.97. The highest BCUT2D eigenvalue weighted by Crippen LogP contribution is 2.47. The normalized spacial score (nSPS) is 32.9. The molecule has 2 saturated carbocycles. The first-order valence-corrected chi connectivity index (χ1v) is 9.97. The summed E-state index contributed by atoms with van der Waals surface area (Å²) in [6, 6.07) is 9.13. The van der Waals surface area contributed by atoms with Crippen LogP contribution < -0.4 is 11.1 Å². The molecule has 4 nitrogen and oxygen atoms in total. The van der Waals surface area contributed by atoms with Crippen LogP contribution in [0.1, 0.15) is 49.3 Å². The summed E-state index contributed by atoms with van der Waals surface area (Å²) in [4.78, 5) is 15.4. The van der Waals surface area contributed by atoms with Crippen molar-refractivity contribution in [3.05, 3.63) is 35.4 Å². The van der Waals surface area contributed by atoms with E-state index in [1.807, 2.05) is 0 Å². The quantitative estimate of drug-likeness (QED) is 0.865. The summed E-state index contributed by atoms with van der Waals surface area (Å²) in [7, 11) is 0. The average molecular weight is 341 g/mol. The lowest BCUT2D eigenvalue weighted by molar-refractivity contribution is -0.127. The number of nitrogens with zero attached hydrogens (tertiary/aromatic N) is 1. The largest absolute Gasteiger partial charge is 0.354 e. The number of aryl methyl sites for hydroxylation is 1. The zero-order valence-corrected chi connectivity index (χ0v) is 15.3. The molecule has 1 amide bonds. The van der Waals surface area contributed by atoms with Crippen LogP contribution in [0.4, 0.5) is 0 Å². The zero-order chi connectivity index (χ0) is 17.4. The predicted molar refractivity (Wildman–Crippen MR) is 100 cm³/mol. The Balaban J connectivity index is 1.43. The monoisotopic (exact) mass is 341 g/mol. The number of hydrogen-bond acceptors (Lipinski definition) is 3. The molecule has 0 radical (unpaired) electrons. The SMILES string of the molecule is Cc1ccc(C(CNC(=O)C2C3CCC(C3)C2N)N2CCCC2)cc1. The Morgan fingerprint density at radius 2 is 1.88 bits per heavy atom. The summed E-state index contributed by atoms with van der Waals surface area (Å²) in [6.45, 7) is 5.07. The number of amides is 1. The maximum absolute atomic E-state index is 12.8. The van der Waals surface area contributed by atoms with E-state index in [2.05, 4.69) is 41.4 Å². The summed E-state index contributed by atoms with van der Waals surface area (Å²) in [5, 5.41) is 3.27. The molecule has 25 heavy (non-hydrogen) atoms. The third-order valence-corrected chi connectivity index (χ3v) is 6.80. The highest BCUT2D eigenvalue weighted by atomic mass is 16.2. The van der Waals surface area contributed by atoms with E-state index >= 15 is 0 Å². The van der Waals surface area contributed by atoms with E-state index in [4.69, 9.17) is 5.73 Å². The second kappa shape index (κ2) is 7.08. The van der Waals surface area contributed by atoms with Crippen LogP contribution in [0.5, 0.6) is 0 Å². The smallest absolute Gasteiger partial charge is 0.225 e. The molecule has 1 aromatic carbocycles. The van der Waals surface area contributed by atoms with Gasteiger partial charge >= 0.3 is 0 Å². The van der Waals surface area contributed by atoms with Crippen LogP contribution in [0.25, 0.3) is 0 Å². The van der Waals surface area contributed by atoms with Crippen molar-refractivity contribution >= 4 is 5.91 Å². The molecule has 5 atom stereocenters. The second-order valence-corrected chi connectivity index (χ2v) is 8.35. The minimum atomic E-state index is 0.0380. The molecule has 4 heteroatoms. The Labute approximate surface area is 151 Å². The number of rotatable bonds is 5. The molecule has 2 aliphatic carbocycles. The molecule has 3 N–H and O–H groups in total. The zero-order valence-electron chi connectivity index (χ0n) is 15.3. The van der Waals surface area contributed by atoms with Gasteiger partial charge < -0.3 is 11.1 Å². The second-order valence-electron chi connectivity index (χ2n) is 8.35. The van der Waals surface area contributed by atoms with Crippen LogP contribution in [0.15, 0.2) is 24.3 Å². The van der Waals surface area contributed by atoms with Crippen molar-refractivity contribution in [2.45, 2.75) is 51.1 Å². The number of carbonyl (C=O) groups excluding carboxylic acids is 1. The number of hydrogen-bond donors (Lipinski definition) is 2. The molecule has 4 rings (SSSR count). The van der Waals surface area contributed by atoms with Crippen molar-refractivity contribution in [3.63, 3.8) is 0 Å². The van der Waals surface area contributed by atoms with Gasteiger partial charge in [-0.15, -0.1) is 0 Å². The third kappa shape index (κ3) is 3.34. The molecule has 5 unspecified atom stereocenters. The Morgan fingerprint density at radius 1 is 1.20 bits per heavy atom. The van der Waals surface area contributed by atoms with Gasteiger partial charge in [0.05, 0.1) is 12.0 Å². The Morgan fingerprint density at radius 3 is 2.52 bits per heavy atom. The fourth-order valence-electron chi connectivity index (χ4n) is 5.34. The van der Waals surface area contributed by atoms with Crippen LogP contribution in [-0.2, 0) is 4.79 Å². The Bertz CT molecular complexity index is 606. The first kappa shape index (κ1) is 17.0. The van der Waals surface area contributed by atoms with Gasteiger partial charge in [-0.05, 0) is 69.5 Å². The van der Waals surface area contributed by atoms with Gasteiger partial charge in [-0.25, -0.2) is 0 Å². The van der Waals surface area contributed by atoms with Gasteiger partial charge in [0, 0.05) is 12.6 Å². The summed E-state index contributed by atoms with van der Waals surface area (Å²) in [6.07, 6.45) is 6.08. The molecule has 0 spiro atoms. The van der Waals surface area contributed by atoms with Crippen molar-refractivity contribution in [1.82, 2.24) is 10.2 Å². The van der Waals surface area contributed by atoms with E-state index < -0.39 is 0 Å². The van der Waals surface area contributed by atoms with Gasteiger partial charge in [0.15, 0.2) is 0 Å². The van der Waals surface area contributed by atoms with Crippen LogP contribution in [-0.4, -0.2) is 36.5 Å². The molecule has 136 valence electrons. The van der Waals surface area contributed by atoms with Crippen LogP contribution in [0, 0.1) is 24.7 Å².